The highest BCUT2D eigenvalue weighted by Crippen LogP contribution is 2.25. The first-order chi connectivity index (χ1) is 9.99. The number of rotatable bonds is 4. The lowest BCUT2D eigenvalue weighted by molar-refractivity contribution is -0.384. The Hall–Kier alpha value is -2.73. The number of benzene rings is 2. The molecular weight excluding hydrogens is 296 g/mol. The smallest absolute Gasteiger partial charge is 0.312 e. The average molecular weight is 305 g/mol. The Morgan fingerprint density at radius 3 is 2.33 bits per heavy atom. The summed E-state index contributed by atoms with van der Waals surface area (Å²) in [6.07, 6.45) is 0. The van der Waals surface area contributed by atoms with E-state index in [-0.39, 0.29) is 16.9 Å². The third-order valence-corrected chi connectivity index (χ3v) is 2.82. The van der Waals surface area contributed by atoms with Gasteiger partial charge in [-0.25, -0.2) is 0 Å². The van der Waals surface area contributed by atoms with Crippen LogP contribution in [-0.4, -0.2) is 16.1 Å². The van der Waals surface area contributed by atoms with Crippen LogP contribution in [0.5, 0.6) is 0 Å². The Bertz CT molecular complexity index is 716. The van der Waals surface area contributed by atoms with Crippen LogP contribution >= 0.6 is 11.6 Å². The van der Waals surface area contributed by atoms with Crippen molar-refractivity contribution in [2.45, 2.75) is 0 Å². The number of amides is 1. The number of nitro groups is 1. The number of hydrogen-bond donors (Lipinski definition) is 1. The first-order valence-electron chi connectivity index (χ1n) is 5.83. The Morgan fingerprint density at radius 2 is 1.76 bits per heavy atom. The highest BCUT2D eigenvalue weighted by Gasteiger charge is 2.18. The Labute approximate surface area is 124 Å². The summed E-state index contributed by atoms with van der Waals surface area (Å²) in [4.78, 5) is 33.6. The molecule has 0 saturated heterocycles. The maximum absolute atomic E-state index is 12.4. The molecule has 0 aromatic heterocycles. The van der Waals surface area contributed by atoms with Crippen molar-refractivity contribution >= 4 is 34.1 Å². The predicted octanol–water partition coefficient (Wildman–Crippen LogP) is 3.60. The minimum Gasteiger partial charge on any atom is -0.312 e. The van der Waals surface area contributed by atoms with Crippen LogP contribution in [0.25, 0.3) is 0 Å². The van der Waals surface area contributed by atoms with Gasteiger partial charge in [0.05, 0.1) is 16.2 Å². The molecule has 0 atom stereocenters. The summed E-state index contributed by atoms with van der Waals surface area (Å²) < 4.78 is 0. The maximum Gasteiger partial charge on any atom is 0.318 e. The molecule has 0 aliphatic rings. The summed E-state index contributed by atoms with van der Waals surface area (Å²) in [5.74, 6) is -0.445. The molecule has 0 unspecified atom stereocenters. The van der Waals surface area contributed by atoms with Gasteiger partial charge >= 0.3 is 5.37 Å². The fourth-order valence-electron chi connectivity index (χ4n) is 1.79. The molecule has 0 spiro atoms. The number of halogens is 1. The van der Waals surface area contributed by atoms with E-state index in [0.717, 1.165) is 6.07 Å². The Balaban J connectivity index is 2.52. The van der Waals surface area contributed by atoms with E-state index < -0.39 is 16.1 Å². The molecule has 0 bridgehead atoms. The molecule has 1 N–H and O–H groups in total. The zero-order chi connectivity index (χ0) is 15.4. The maximum atomic E-state index is 12.4. The molecule has 0 saturated carbocycles. The minimum absolute atomic E-state index is 0.00407. The summed E-state index contributed by atoms with van der Waals surface area (Å²) >= 11 is 5.24. The molecule has 6 nitrogen and oxygen atoms in total. The van der Waals surface area contributed by atoms with Crippen LogP contribution in [0.2, 0.25) is 0 Å². The Kier molecular flexibility index (Phi) is 4.30. The fourth-order valence-corrected chi connectivity index (χ4v) is 1.90. The summed E-state index contributed by atoms with van der Waals surface area (Å²) in [5.41, 5.74) is 0.226. The second-order valence-corrected chi connectivity index (χ2v) is 4.42. The van der Waals surface area contributed by atoms with Crippen molar-refractivity contribution in [3.8, 4) is 0 Å². The van der Waals surface area contributed by atoms with Gasteiger partial charge in [-0.05, 0) is 17.7 Å². The van der Waals surface area contributed by atoms with E-state index in [1.54, 1.807) is 30.3 Å². The highest BCUT2D eigenvalue weighted by atomic mass is 35.5. The van der Waals surface area contributed by atoms with Crippen LogP contribution in [-0.2, 0) is 0 Å². The normalized spacial score (nSPS) is 9.95. The Morgan fingerprint density at radius 1 is 1.10 bits per heavy atom. The van der Waals surface area contributed by atoms with Crippen LogP contribution in [0, 0.1) is 10.1 Å². The van der Waals surface area contributed by atoms with Crippen LogP contribution in [0.1, 0.15) is 15.9 Å². The molecule has 1 amide bonds. The zero-order valence-corrected chi connectivity index (χ0v) is 11.3. The molecule has 0 radical (unpaired) electrons. The van der Waals surface area contributed by atoms with Gasteiger partial charge in [-0.1, -0.05) is 30.3 Å². The molecule has 2 aromatic carbocycles. The number of nitrogens with one attached hydrogen (secondary N) is 1. The predicted molar refractivity (Wildman–Crippen MR) is 77.8 cm³/mol. The van der Waals surface area contributed by atoms with Crippen molar-refractivity contribution in [1.82, 2.24) is 0 Å². The molecule has 2 aromatic rings. The van der Waals surface area contributed by atoms with Crippen LogP contribution < -0.4 is 5.32 Å². The fraction of sp³-hybridized carbons (Fsp3) is 0. The first kappa shape index (κ1) is 14.7. The summed E-state index contributed by atoms with van der Waals surface area (Å²) in [5, 5.41) is 12.2. The lowest BCUT2D eigenvalue weighted by Crippen LogP contribution is -2.10. The average Bonchev–Trinajstić information content (AvgIpc) is 2.47. The molecule has 21 heavy (non-hydrogen) atoms. The molecule has 0 heterocycles. The van der Waals surface area contributed by atoms with Crippen molar-refractivity contribution in [3.63, 3.8) is 0 Å². The zero-order valence-electron chi connectivity index (χ0n) is 10.6. The molecule has 2 rings (SSSR count). The van der Waals surface area contributed by atoms with Gasteiger partial charge in [-0.3, -0.25) is 19.7 Å². The van der Waals surface area contributed by atoms with Crippen LogP contribution in [0.4, 0.5) is 16.2 Å². The van der Waals surface area contributed by atoms with Crippen LogP contribution in [0.15, 0.2) is 48.5 Å². The quantitative estimate of drug-likeness (QED) is 0.307. The van der Waals surface area contributed by atoms with E-state index in [1.807, 2.05) is 0 Å². The standard InChI is InChI=1S/C14H9ClN2O4/c15-14(19)16-12-7-6-10(17(20)21)8-11(12)13(18)9-4-2-1-3-5-9/h1-8H,(H,16,19). The van der Waals surface area contributed by atoms with Gasteiger partial charge in [0.15, 0.2) is 5.78 Å². The first-order valence-corrected chi connectivity index (χ1v) is 6.21. The molecule has 0 fully saturated rings. The van der Waals surface area contributed by atoms with E-state index in [0.29, 0.717) is 5.56 Å². The monoisotopic (exact) mass is 304 g/mol. The molecule has 106 valence electrons. The minimum atomic E-state index is -0.883. The second-order valence-electron chi connectivity index (χ2n) is 4.08. The van der Waals surface area contributed by atoms with Gasteiger partial charge in [-0.15, -0.1) is 0 Å². The second kappa shape index (κ2) is 6.15. The van der Waals surface area contributed by atoms with E-state index >= 15 is 0 Å². The molecular formula is C14H9ClN2O4. The lowest BCUT2D eigenvalue weighted by atomic mass is 10.0. The van der Waals surface area contributed by atoms with Crippen molar-refractivity contribution in [2.24, 2.45) is 0 Å². The summed E-state index contributed by atoms with van der Waals surface area (Å²) in [6, 6.07) is 11.8. The summed E-state index contributed by atoms with van der Waals surface area (Å²) in [7, 11) is 0. The van der Waals surface area contributed by atoms with E-state index in [2.05, 4.69) is 5.32 Å². The number of ketones is 1. The van der Waals surface area contributed by atoms with Gasteiger partial charge in [0.1, 0.15) is 0 Å². The van der Waals surface area contributed by atoms with E-state index in [4.69, 9.17) is 11.6 Å². The van der Waals surface area contributed by atoms with Crippen molar-refractivity contribution in [3.05, 3.63) is 69.8 Å². The van der Waals surface area contributed by atoms with Gasteiger partial charge in [-0.2, -0.15) is 0 Å². The van der Waals surface area contributed by atoms with Gasteiger partial charge in [0, 0.05) is 17.7 Å². The van der Waals surface area contributed by atoms with E-state index in [1.165, 1.54) is 12.1 Å². The third-order valence-electron chi connectivity index (χ3n) is 2.73. The molecule has 7 heteroatoms. The largest absolute Gasteiger partial charge is 0.318 e. The number of nitrogens with zero attached hydrogens (tertiary/aromatic N) is 1. The third kappa shape index (κ3) is 3.43. The topological polar surface area (TPSA) is 89.3 Å². The van der Waals surface area contributed by atoms with Crippen molar-refractivity contribution < 1.29 is 14.5 Å². The number of non-ortho nitro benzene ring substituents is 1. The number of nitro benzene ring substituents is 1. The highest BCUT2D eigenvalue weighted by molar-refractivity contribution is 6.65. The number of carbonyl (C=O) groups excluding carboxylic acids is 2. The van der Waals surface area contributed by atoms with Crippen LogP contribution in [0.3, 0.4) is 0 Å². The SMILES string of the molecule is O=C(Cl)Nc1ccc([N+](=O)[O-])cc1C(=O)c1ccccc1. The van der Waals surface area contributed by atoms with Gasteiger partial charge < -0.3 is 5.32 Å². The number of hydrogen-bond acceptors (Lipinski definition) is 4. The lowest BCUT2D eigenvalue weighted by Gasteiger charge is -2.08. The van der Waals surface area contributed by atoms with Crippen molar-refractivity contribution in [1.29, 1.82) is 0 Å². The van der Waals surface area contributed by atoms with E-state index in [9.17, 15) is 19.7 Å². The molecule has 0 aliphatic heterocycles. The van der Waals surface area contributed by atoms with Crippen molar-refractivity contribution in [2.75, 3.05) is 5.32 Å². The van der Waals surface area contributed by atoms with Gasteiger partial charge in [0.25, 0.3) is 5.69 Å². The number of carbonyl (C=O) groups is 2. The summed E-state index contributed by atoms with van der Waals surface area (Å²) in [6.45, 7) is 0. The van der Waals surface area contributed by atoms with Gasteiger partial charge in [0.2, 0.25) is 0 Å². The molecule has 0 aliphatic carbocycles. The number of anilines is 1.